The Hall–Kier alpha value is -1.37. The number of hydrogen-bond acceptors (Lipinski definition) is 1. The van der Waals surface area contributed by atoms with E-state index in [0.29, 0.717) is 11.7 Å². The van der Waals surface area contributed by atoms with Gasteiger partial charge in [0.2, 0.25) is 0 Å². The maximum absolute atomic E-state index is 12.4. The summed E-state index contributed by atoms with van der Waals surface area (Å²) < 4.78 is 0. The number of hydrogen-bond donors (Lipinski definition) is 0. The van der Waals surface area contributed by atoms with Crippen LogP contribution in [0, 0.1) is 5.92 Å². The van der Waals surface area contributed by atoms with Crippen molar-refractivity contribution in [3.05, 3.63) is 47.0 Å². The van der Waals surface area contributed by atoms with Gasteiger partial charge in [-0.1, -0.05) is 62.6 Å². The molecule has 0 radical (unpaired) electrons. The van der Waals surface area contributed by atoms with E-state index in [0.717, 1.165) is 44.9 Å². The summed E-state index contributed by atoms with van der Waals surface area (Å²) in [4.78, 5) is 12.4. The SMILES string of the molecule is CCCCC(=O)/C(CCCC)=C1\CC1Cc1ccccc1. The van der Waals surface area contributed by atoms with Crippen molar-refractivity contribution in [2.45, 2.75) is 65.2 Å². The highest BCUT2D eigenvalue weighted by molar-refractivity contribution is 5.96. The van der Waals surface area contributed by atoms with Crippen LogP contribution in [0.5, 0.6) is 0 Å². The van der Waals surface area contributed by atoms with Gasteiger partial charge < -0.3 is 0 Å². The fraction of sp³-hybridized carbons (Fsp3) is 0.550. The van der Waals surface area contributed by atoms with E-state index in [1.54, 1.807) is 0 Å². The molecule has 1 aliphatic rings. The lowest BCUT2D eigenvalue weighted by Gasteiger charge is -2.06. The molecule has 1 atom stereocenters. The molecule has 0 spiro atoms. The van der Waals surface area contributed by atoms with E-state index in [-0.39, 0.29) is 0 Å². The minimum absolute atomic E-state index is 0.427. The number of allylic oxidation sites excluding steroid dienone is 2. The first-order chi connectivity index (χ1) is 10.3. The number of benzene rings is 1. The van der Waals surface area contributed by atoms with Crippen molar-refractivity contribution in [1.82, 2.24) is 0 Å². The molecule has 114 valence electrons. The predicted octanol–water partition coefficient (Wildman–Crippen LogP) is 5.50. The average molecular weight is 284 g/mol. The van der Waals surface area contributed by atoms with E-state index < -0.39 is 0 Å². The van der Waals surface area contributed by atoms with Crippen LogP contribution in [0.4, 0.5) is 0 Å². The fourth-order valence-corrected chi connectivity index (χ4v) is 2.99. The van der Waals surface area contributed by atoms with Crippen molar-refractivity contribution in [1.29, 1.82) is 0 Å². The van der Waals surface area contributed by atoms with Gasteiger partial charge in [-0.15, -0.1) is 0 Å². The van der Waals surface area contributed by atoms with Gasteiger partial charge >= 0.3 is 0 Å². The molecule has 0 aliphatic heterocycles. The number of unbranched alkanes of at least 4 members (excludes halogenated alkanes) is 2. The van der Waals surface area contributed by atoms with Gasteiger partial charge in [0.1, 0.15) is 0 Å². The highest BCUT2D eigenvalue weighted by Gasteiger charge is 2.34. The van der Waals surface area contributed by atoms with Gasteiger partial charge in [0.05, 0.1) is 0 Å². The molecule has 1 heteroatoms. The minimum Gasteiger partial charge on any atom is -0.295 e. The van der Waals surface area contributed by atoms with Gasteiger partial charge in [0.25, 0.3) is 0 Å². The summed E-state index contributed by atoms with van der Waals surface area (Å²) in [5.74, 6) is 1.06. The molecule has 2 rings (SSSR count). The first-order valence-corrected chi connectivity index (χ1v) is 8.55. The summed E-state index contributed by atoms with van der Waals surface area (Å²) in [7, 11) is 0. The lowest BCUT2D eigenvalue weighted by molar-refractivity contribution is -0.115. The van der Waals surface area contributed by atoms with E-state index in [2.05, 4.69) is 44.2 Å². The molecule has 21 heavy (non-hydrogen) atoms. The normalized spacial score (nSPS) is 19.4. The van der Waals surface area contributed by atoms with Crippen LogP contribution in [-0.4, -0.2) is 5.78 Å². The topological polar surface area (TPSA) is 17.1 Å². The first-order valence-electron chi connectivity index (χ1n) is 8.55. The number of carbonyl (C=O) groups is 1. The zero-order valence-electron chi connectivity index (χ0n) is 13.5. The van der Waals surface area contributed by atoms with Gasteiger partial charge in [-0.25, -0.2) is 0 Å². The van der Waals surface area contributed by atoms with Gasteiger partial charge in [0.15, 0.2) is 5.78 Å². The van der Waals surface area contributed by atoms with Crippen LogP contribution in [0.2, 0.25) is 0 Å². The van der Waals surface area contributed by atoms with Crippen LogP contribution in [-0.2, 0) is 11.2 Å². The summed E-state index contributed by atoms with van der Waals surface area (Å²) >= 11 is 0. The molecule has 0 amide bonds. The zero-order valence-corrected chi connectivity index (χ0v) is 13.5. The Bertz CT molecular complexity index is 484. The highest BCUT2D eigenvalue weighted by Crippen LogP contribution is 2.44. The Morgan fingerprint density at radius 3 is 2.38 bits per heavy atom. The van der Waals surface area contributed by atoms with Crippen molar-refractivity contribution in [3.8, 4) is 0 Å². The van der Waals surface area contributed by atoms with E-state index in [1.165, 1.54) is 23.1 Å². The second-order valence-electron chi connectivity index (χ2n) is 6.22. The van der Waals surface area contributed by atoms with Crippen LogP contribution in [0.15, 0.2) is 41.5 Å². The third-order valence-corrected chi connectivity index (χ3v) is 4.39. The summed E-state index contributed by atoms with van der Waals surface area (Å²) in [6.45, 7) is 4.36. The molecule has 1 aromatic carbocycles. The molecule has 1 fully saturated rings. The molecule has 1 saturated carbocycles. The monoisotopic (exact) mass is 284 g/mol. The molecule has 0 N–H and O–H groups in total. The predicted molar refractivity (Wildman–Crippen MR) is 89.3 cm³/mol. The van der Waals surface area contributed by atoms with Crippen molar-refractivity contribution in [3.63, 3.8) is 0 Å². The fourth-order valence-electron chi connectivity index (χ4n) is 2.99. The Labute approximate surface area is 129 Å². The molecule has 1 unspecified atom stereocenters. The van der Waals surface area contributed by atoms with Crippen LogP contribution in [0.25, 0.3) is 0 Å². The molecule has 0 aromatic heterocycles. The van der Waals surface area contributed by atoms with E-state index >= 15 is 0 Å². The molecule has 1 nitrogen and oxygen atoms in total. The maximum atomic E-state index is 12.4. The van der Waals surface area contributed by atoms with Gasteiger partial charge in [0, 0.05) is 6.42 Å². The summed E-state index contributed by atoms with van der Waals surface area (Å²) in [5.41, 5.74) is 4.05. The third kappa shape index (κ3) is 4.84. The lowest BCUT2D eigenvalue weighted by Crippen LogP contribution is -2.03. The molecule has 1 aliphatic carbocycles. The lowest BCUT2D eigenvalue weighted by atomic mass is 9.98. The van der Waals surface area contributed by atoms with Crippen LogP contribution >= 0.6 is 0 Å². The van der Waals surface area contributed by atoms with Gasteiger partial charge in [-0.05, 0) is 49.2 Å². The van der Waals surface area contributed by atoms with Crippen molar-refractivity contribution in [2.24, 2.45) is 5.92 Å². The van der Waals surface area contributed by atoms with Crippen LogP contribution in [0.1, 0.15) is 64.4 Å². The summed E-state index contributed by atoms with van der Waals surface area (Å²) in [6, 6.07) is 10.7. The minimum atomic E-state index is 0.427. The molecule has 0 saturated heterocycles. The van der Waals surface area contributed by atoms with Gasteiger partial charge in [-0.3, -0.25) is 4.79 Å². The first kappa shape index (κ1) is 16.0. The number of rotatable bonds is 9. The third-order valence-electron chi connectivity index (χ3n) is 4.39. The Morgan fingerprint density at radius 2 is 1.71 bits per heavy atom. The Kier molecular flexibility index (Phi) is 6.22. The molecular formula is C20H28O. The number of Topliss-reactive ketones (excluding diaryl/α,β-unsaturated/α-hetero) is 1. The quantitative estimate of drug-likeness (QED) is 0.548. The molecule has 0 heterocycles. The van der Waals surface area contributed by atoms with Gasteiger partial charge in [-0.2, -0.15) is 0 Å². The van der Waals surface area contributed by atoms with Crippen LogP contribution in [0.3, 0.4) is 0 Å². The summed E-state index contributed by atoms with van der Waals surface area (Å²) in [5, 5.41) is 0. The number of carbonyl (C=O) groups excluding carboxylic acids is 1. The Balaban J connectivity index is 2.01. The number of ketones is 1. The van der Waals surface area contributed by atoms with E-state index in [4.69, 9.17) is 0 Å². The van der Waals surface area contributed by atoms with Crippen molar-refractivity contribution in [2.75, 3.05) is 0 Å². The highest BCUT2D eigenvalue weighted by atomic mass is 16.1. The molecular weight excluding hydrogens is 256 g/mol. The molecule has 0 bridgehead atoms. The smallest absolute Gasteiger partial charge is 0.158 e. The van der Waals surface area contributed by atoms with Crippen molar-refractivity contribution < 1.29 is 4.79 Å². The zero-order chi connectivity index (χ0) is 15.1. The van der Waals surface area contributed by atoms with E-state index in [9.17, 15) is 4.79 Å². The Morgan fingerprint density at radius 1 is 1.05 bits per heavy atom. The van der Waals surface area contributed by atoms with Crippen LogP contribution < -0.4 is 0 Å². The largest absolute Gasteiger partial charge is 0.295 e. The van der Waals surface area contributed by atoms with Crippen molar-refractivity contribution >= 4 is 5.78 Å². The molecule has 1 aromatic rings. The second kappa shape index (κ2) is 8.17. The standard InChI is InChI=1S/C20H28O/c1-3-5-12-18(20(21)13-6-4-2)19-15-17(19)14-16-10-8-7-9-11-16/h7-11,17H,3-6,12-15H2,1-2H3/b19-18+. The maximum Gasteiger partial charge on any atom is 0.158 e. The summed E-state index contributed by atoms with van der Waals surface area (Å²) in [6.07, 6.45) is 8.45. The van der Waals surface area contributed by atoms with E-state index in [1.807, 2.05) is 0 Å². The average Bonchev–Trinajstić information content (AvgIpc) is 3.25. The second-order valence-corrected chi connectivity index (χ2v) is 6.22.